The third kappa shape index (κ3) is 6.81. The number of alkyl halides is 3. The highest BCUT2D eigenvalue weighted by molar-refractivity contribution is 5.99. The lowest BCUT2D eigenvalue weighted by Gasteiger charge is -2.06. The van der Waals surface area contributed by atoms with Gasteiger partial charge in [-0.15, -0.1) is 0 Å². The minimum Gasteiger partial charge on any atom is -0.465 e. The van der Waals surface area contributed by atoms with E-state index in [-0.39, 0.29) is 5.56 Å². The van der Waals surface area contributed by atoms with Crippen molar-refractivity contribution in [1.29, 1.82) is 5.26 Å². The van der Waals surface area contributed by atoms with Crippen molar-refractivity contribution in [2.75, 3.05) is 14.3 Å². The molecule has 0 radical (unpaired) electrons. The van der Waals surface area contributed by atoms with Gasteiger partial charge in [0, 0.05) is 11.3 Å². The average Bonchev–Trinajstić information content (AvgIpc) is 3.00. The molecule has 0 amide bonds. The number of aromatic amines is 1. The molecule has 27 heavy (non-hydrogen) atoms. The lowest BCUT2D eigenvalue weighted by molar-refractivity contribution is 0.0590. The Morgan fingerprint density at radius 1 is 1.15 bits per heavy atom. The second-order valence-corrected chi connectivity index (χ2v) is 6.13. The van der Waals surface area contributed by atoms with Crippen LogP contribution in [-0.4, -0.2) is 25.2 Å². The van der Waals surface area contributed by atoms with Gasteiger partial charge in [-0.3, -0.25) is 4.39 Å². The van der Waals surface area contributed by atoms with E-state index in [0.29, 0.717) is 29.6 Å². The molecule has 0 saturated carbocycles. The van der Waals surface area contributed by atoms with Crippen LogP contribution in [0.1, 0.15) is 54.5 Å². The molecule has 148 valence electrons. The number of benzene rings is 1. The van der Waals surface area contributed by atoms with Gasteiger partial charge in [0.1, 0.15) is 0 Å². The molecule has 0 atom stereocenters. The third-order valence-electron chi connectivity index (χ3n) is 3.13. The highest BCUT2D eigenvalue weighted by Gasteiger charge is 2.27. The normalized spacial score (nSPS) is 9.70. The van der Waals surface area contributed by atoms with E-state index in [1.807, 2.05) is 6.07 Å². The number of hydrogen-bond acceptors (Lipinski definition) is 3. The molecule has 0 aliphatic heterocycles. The van der Waals surface area contributed by atoms with Crippen LogP contribution in [0.15, 0.2) is 24.3 Å². The topological polar surface area (TPSA) is 65.9 Å². The van der Waals surface area contributed by atoms with E-state index in [1.165, 1.54) is 0 Å². The molecule has 1 N–H and O–H groups in total. The fraction of sp³-hybridized carbons (Fsp3) is 0.400. The summed E-state index contributed by atoms with van der Waals surface area (Å²) in [5.74, 6) is 0.00834. The van der Waals surface area contributed by atoms with Crippen LogP contribution in [0.2, 0.25) is 0 Å². The maximum absolute atomic E-state index is 13.1. The van der Waals surface area contributed by atoms with E-state index in [4.69, 9.17) is 5.26 Å². The zero-order valence-corrected chi connectivity index (χ0v) is 16.4. The summed E-state index contributed by atoms with van der Waals surface area (Å²) in [6, 6.07) is 8.31. The predicted octanol–water partition coefficient (Wildman–Crippen LogP) is 5.83. The number of aromatic nitrogens is 1. The summed E-state index contributed by atoms with van der Waals surface area (Å²) in [4.78, 5) is 14.4. The monoisotopic (exact) mass is 382 g/mol. The number of nitriles is 1. The Balaban J connectivity index is 0.000000998. The van der Waals surface area contributed by atoms with E-state index in [0.717, 1.165) is 13.0 Å². The van der Waals surface area contributed by atoms with E-state index in [2.05, 4.69) is 30.5 Å². The molecule has 7 heteroatoms. The molecule has 2 aromatic rings. The Morgan fingerprint density at radius 2 is 1.63 bits per heavy atom. The first-order valence-electron chi connectivity index (χ1n) is 8.20. The second kappa shape index (κ2) is 11.8. The zero-order chi connectivity index (χ0) is 21.1. The lowest BCUT2D eigenvalue weighted by Crippen LogP contribution is -2.06. The molecule has 0 aliphatic rings. The summed E-state index contributed by atoms with van der Waals surface area (Å²) in [6.07, 6.45) is -2.81. The number of esters is 1. The Bertz CT molecular complexity index is 758. The van der Waals surface area contributed by atoms with Crippen molar-refractivity contribution < 1.29 is 22.7 Å². The van der Waals surface area contributed by atoms with Crippen LogP contribution in [0.25, 0.3) is 11.1 Å². The Morgan fingerprint density at radius 3 is 2.00 bits per heavy atom. The number of ether oxygens (including phenoxy) is 1. The first kappa shape index (κ1) is 24.2. The van der Waals surface area contributed by atoms with Gasteiger partial charge >= 0.3 is 5.97 Å². The minimum absolute atomic E-state index is 0.172. The van der Waals surface area contributed by atoms with Gasteiger partial charge in [0.2, 0.25) is 0 Å². The maximum Gasteiger partial charge on any atom is 0.340 e. The number of carbonyl (C=O) groups excluding carboxylic acids is 1. The van der Waals surface area contributed by atoms with Crippen molar-refractivity contribution in [3.63, 3.8) is 0 Å². The van der Waals surface area contributed by atoms with Crippen molar-refractivity contribution >= 4 is 5.97 Å². The molecule has 0 unspecified atom stereocenters. The van der Waals surface area contributed by atoms with Crippen LogP contribution < -0.4 is 0 Å². The Hall–Kier alpha value is -2.75. The fourth-order valence-electron chi connectivity index (χ4n) is 2.20. The van der Waals surface area contributed by atoms with Crippen LogP contribution in [0.3, 0.4) is 0 Å². The number of halogens is 3. The molecule has 1 aromatic heterocycles. The predicted molar refractivity (Wildman–Crippen MR) is 99.5 cm³/mol. The van der Waals surface area contributed by atoms with E-state index < -0.39 is 18.1 Å². The van der Waals surface area contributed by atoms with Crippen molar-refractivity contribution in [2.45, 2.75) is 34.1 Å². The number of hydrogen-bond donors (Lipinski definition) is 1. The molecule has 0 bridgehead atoms. The summed E-state index contributed by atoms with van der Waals surface area (Å²) < 4.78 is 40.2. The van der Waals surface area contributed by atoms with Gasteiger partial charge < -0.3 is 9.72 Å². The number of rotatable bonds is 3. The minimum atomic E-state index is -2.81. The van der Waals surface area contributed by atoms with Crippen molar-refractivity contribution in [3.05, 3.63) is 46.8 Å². The van der Waals surface area contributed by atoms with Gasteiger partial charge in [-0.25, -0.2) is 13.6 Å². The first-order valence-corrected chi connectivity index (χ1v) is 8.20. The van der Waals surface area contributed by atoms with Crippen LogP contribution >= 0.6 is 0 Å². The van der Waals surface area contributed by atoms with E-state index in [1.54, 1.807) is 31.2 Å². The van der Waals surface area contributed by atoms with Gasteiger partial charge in [0.05, 0.1) is 37.2 Å². The summed E-state index contributed by atoms with van der Waals surface area (Å²) in [7, 11) is 1.64. The molecule has 4 nitrogen and oxygen atoms in total. The van der Waals surface area contributed by atoms with Crippen LogP contribution in [0.4, 0.5) is 13.2 Å². The molecule has 2 rings (SSSR count). The SMILES string of the molecule is CC(C)C.CF.COC(=O)c1c(C(F)F)[nH]c(C)c1-c1ccc(C#N)cc1. The van der Waals surface area contributed by atoms with E-state index in [9.17, 15) is 18.0 Å². The fourth-order valence-corrected chi connectivity index (χ4v) is 2.20. The summed E-state index contributed by atoms with van der Waals surface area (Å²) in [5, 5.41) is 8.78. The molecular weight excluding hydrogens is 357 g/mol. The standard InChI is InChI=1S/C15H12F2N2O2.C4H10.CH3F/c1-8-11(10-5-3-9(7-18)4-6-10)12(15(20)21-2)13(19-8)14(16)17;1-4(2)3;1-2/h3-6,14,19H,1-2H3;4H,1-3H3;1H3. The number of nitrogens with zero attached hydrogens (tertiary/aromatic N) is 1. The zero-order valence-electron chi connectivity index (χ0n) is 16.4. The number of carbonyl (C=O) groups is 1. The summed E-state index contributed by atoms with van der Waals surface area (Å²) in [5.41, 5.74) is 1.18. The quantitative estimate of drug-likeness (QED) is 0.679. The summed E-state index contributed by atoms with van der Waals surface area (Å²) in [6.45, 7) is 8.10. The second-order valence-electron chi connectivity index (χ2n) is 6.13. The van der Waals surface area contributed by atoms with Gasteiger partial charge in [-0.1, -0.05) is 32.9 Å². The third-order valence-corrected chi connectivity index (χ3v) is 3.13. The van der Waals surface area contributed by atoms with Crippen LogP contribution in [-0.2, 0) is 4.74 Å². The van der Waals surface area contributed by atoms with Gasteiger partial charge in [0.25, 0.3) is 6.43 Å². The molecule has 1 heterocycles. The van der Waals surface area contributed by atoms with Crippen molar-refractivity contribution in [1.82, 2.24) is 4.98 Å². The van der Waals surface area contributed by atoms with Crippen LogP contribution in [0.5, 0.6) is 0 Å². The number of methoxy groups -OCH3 is 1. The van der Waals surface area contributed by atoms with Gasteiger partial charge in [-0.05, 0) is 30.5 Å². The number of nitrogens with one attached hydrogen (secondary N) is 1. The highest BCUT2D eigenvalue weighted by atomic mass is 19.3. The number of aryl methyl sites for hydroxylation is 1. The Kier molecular flexibility index (Phi) is 10.6. The highest BCUT2D eigenvalue weighted by Crippen LogP contribution is 2.35. The van der Waals surface area contributed by atoms with Crippen molar-refractivity contribution in [3.8, 4) is 17.2 Å². The first-order chi connectivity index (χ1) is 12.7. The average molecular weight is 382 g/mol. The molecule has 0 saturated heterocycles. The molecule has 0 fully saturated rings. The molecule has 1 aromatic carbocycles. The maximum atomic E-state index is 13.1. The van der Waals surface area contributed by atoms with Crippen LogP contribution in [0, 0.1) is 24.2 Å². The van der Waals surface area contributed by atoms with Gasteiger partial charge in [0.15, 0.2) is 0 Å². The Labute approximate surface area is 158 Å². The number of H-pyrrole nitrogens is 1. The lowest BCUT2D eigenvalue weighted by atomic mass is 9.99. The van der Waals surface area contributed by atoms with Gasteiger partial charge in [-0.2, -0.15) is 5.26 Å². The van der Waals surface area contributed by atoms with E-state index >= 15 is 0 Å². The van der Waals surface area contributed by atoms with Crippen molar-refractivity contribution in [2.24, 2.45) is 5.92 Å². The smallest absolute Gasteiger partial charge is 0.340 e. The molecule has 0 spiro atoms. The molecule has 0 aliphatic carbocycles. The summed E-state index contributed by atoms with van der Waals surface area (Å²) >= 11 is 0. The molecular formula is C20H25F3N2O2. The largest absolute Gasteiger partial charge is 0.465 e.